The van der Waals surface area contributed by atoms with Gasteiger partial charge in [0.05, 0.1) is 0 Å². The van der Waals surface area contributed by atoms with E-state index in [4.69, 9.17) is 10.2 Å². The maximum absolute atomic E-state index is 11.3. The Hall–Kier alpha value is -0.910. The molecular weight excluding hydrogens is 251 g/mol. The van der Waals surface area contributed by atoms with E-state index < -0.39 is 37.5 Å². The van der Waals surface area contributed by atoms with Crippen LogP contribution in [0.5, 0.6) is 0 Å². The number of carboxylic acids is 2. The topological polar surface area (TPSA) is 132 Å². The highest BCUT2D eigenvalue weighted by molar-refractivity contribution is 7.54. The van der Waals surface area contributed by atoms with Crippen molar-refractivity contribution in [3.63, 3.8) is 0 Å². The third-order valence-corrected chi connectivity index (χ3v) is 4.41. The molecule has 0 fully saturated rings. The first-order chi connectivity index (χ1) is 7.67. The van der Waals surface area contributed by atoms with Crippen molar-refractivity contribution < 1.29 is 34.2 Å². The van der Waals surface area contributed by atoms with Crippen molar-refractivity contribution in [2.75, 3.05) is 0 Å². The molecule has 8 heteroatoms. The molecule has 1 unspecified atom stereocenters. The fourth-order valence-electron chi connectivity index (χ4n) is 1.54. The van der Waals surface area contributed by atoms with Gasteiger partial charge in [0, 0.05) is 6.42 Å². The molecule has 0 aliphatic rings. The predicted octanol–water partition coefficient (Wildman–Crippen LogP) is 1.04. The highest BCUT2D eigenvalue weighted by atomic mass is 31.2. The van der Waals surface area contributed by atoms with Crippen LogP contribution in [0.25, 0.3) is 0 Å². The van der Waals surface area contributed by atoms with Crippen molar-refractivity contribution in [2.24, 2.45) is 0 Å². The maximum atomic E-state index is 11.3. The first-order valence-corrected chi connectivity index (χ1v) is 6.79. The third-order valence-electron chi connectivity index (χ3n) is 2.65. The zero-order chi connectivity index (χ0) is 13.7. The van der Waals surface area contributed by atoms with Crippen LogP contribution in [0.1, 0.15) is 39.0 Å². The van der Waals surface area contributed by atoms with E-state index in [0.29, 0.717) is 12.8 Å². The molecule has 0 radical (unpaired) electrons. The Bertz CT molecular complexity index is 334. The van der Waals surface area contributed by atoms with Crippen LogP contribution in [-0.2, 0) is 14.2 Å². The number of unbranched alkanes of at least 4 members (excludes halogenated alkanes) is 1. The Labute approximate surface area is 98.6 Å². The Balaban J connectivity index is 5.18. The van der Waals surface area contributed by atoms with E-state index in [2.05, 4.69) is 0 Å². The number of aliphatic carboxylic acids is 2. The molecule has 0 heterocycles. The fraction of sp³-hybridized carbons (Fsp3) is 0.778. The van der Waals surface area contributed by atoms with Crippen molar-refractivity contribution >= 4 is 19.5 Å². The van der Waals surface area contributed by atoms with E-state index in [-0.39, 0.29) is 6.42 Å². The molecule has 4 N–H and O–H groups in total. The molecule has 0 rings (SSSR count). The first kappa shape index (κ1) is 16.1. The molecular formula is C9H17O7P. The first-order valence-electron chi connectivity index (χ1n) is 5.18. The third kappa shape index (κ3) is 4.11. The molecule has 0 amide bonds. The summed E-state index contributed by atoms with van der Waals surface area (Å²) in [5.74, 6) is -2.92. The van der Waals surface area contributed by atoms with Gasteiger partial charge in [0.1, 0.15) is 0 Å². The number of hydrogen-bond acceptors (Lipinski definition) is 3. The zero-order valence-corrected chi connectivity index (χ0v) is 10.4. The fourth-order valence-corrected chi connectivity index (χ4v) is 2.64. The van der Waals surface area contributed by atoms with Crippen molar-refractivity contribution in [3.05, 3.63) is 0 Å². The summed E-state index contributed by atoms with van der Waals surface area (Å²) in [4.78, 5) is 39.9. The average Bonchev–Trinajstić information content (AvgIpc) is 2.15. The predicted molar refractivity (Wildman–Crippen MR) is 58.8 cm³/mol. The molecule has 0 aliphatic heterocycles. The second-order valence-corrected chi connectivity index (χ2v) is 5.82. The summed E-state index contributed by atoms with van der Waals surface area (Å²) in [5, 5.41) is 15.2. The molecule has 0 saturated heterocycles. The van der Waals surface area contributed by atoms with Crippen molar-refractivity contribution in [2.45, 2.75) is 44.2 Å². The SMILES string of the molecule is CCCCC(CCC(=O)O)(C(=O)O)P(=O)(O)O. The van der Waals surface area contributed by atoms with Gasteiger partial charge in [0.25, 0.3) is 0 Å². The molecule has 0 aromatic rings. The lowest BCUT2D eigenvalue weighted by Crippen LogP contribution is -2.39. The summed E-state index contributed by atoms with van der Waals surface area (Å²) in [6.07, 6.45) is -0.488. The van der Waals surface area contributed by atoms with Crippen LogP contribution in [0, 0.1) is 0 Å². The minimum atomic E-state index is -4.91. The normalized spacial score (nSPS) is 15.2. The van der Waals surface area contributed by atoms with Crippen LogP contribution in [-0.4, -0.2) is 37.1 Å². The number of hydrogen-bond donors (Lipinski definition) is 4. The largest absolute Gasteiger partial charge is 0.481 e. The summed E-state index contributed by atoms with van der Waals surface area (Å²) in [6, 6.07) is 0. The van der Waals surface area contributed by atoms with E-state index in [1.807, 2.05) is 0 Å². The van der Waals surface area contributed by atoms with Gasteiger partial charge in [-0.3, -0.25) is 14.2 Å². The standard InChI is InChI=1S/C9H17O7P/c1-2-3-5-9(8(12)13,17(14,15)16)6-4-7(10)11/h2-6H2,1H3,(H,10,11)(H,12,13)(H2,14,15,16). The van der Waals surface area contributed by atoms with Gasteiger partial charge in [0.15, 0.2) is 5.16 Å². The summed E-state index contributed by atoms with van der Waals surface area (Å²) in [7, 11) is -4.91. The van der Waals surface area contributed by atoms with E-state index in [9.17, 15) is 23.9 Å². The van der Waals surface area contributed by atoms with Gasteiger partial charge in [0.2, 0.25) is 0 Å². The van der Waals surface area contributed by atoms with Gasteiger partial charge in [-0.05, 0) is 12.8 Å². The van der Waals surface area contributed by atoms with Crippen LogP contribution in [0.15, 0.2) is 0 Å². The molecule has 0 aromatic carbocycles. The van der Waals surface area contributed by atoms with Crippen LogP contribution < -0.4 is 0 Å². The van der Waals surface area contributed by atoms with Gasteiger partial charge in [-0.1, -0.05) is 19.8 Å². The Morgan fingerprint density at radius 1 is 1.18 bits per heavy atom. The minimum absolute atomic E-state index is 0.226. The van der Waals surface area contributed by atoms with Crippen LogP contribution in [0.2, 0.25) is 0 Å². The van der Waals surface area contributed by atoms with Crippen molar-refractivity contribution in [3.8, 4) is 0 Å². The van der Waals surface area contributed by atoms with E-state index in [0.717, 1.165) is 0 Å². The van der Waals surface area contributed by atoms with Crippen LogP contribution in [0.3, 0.4) is 0 Å². The highest BCUT2D eigenvalue weighted by Gasteiger charge is 2.53. The highest BCUT2D eigenvalue weighted by Crippen LogP contribution is 2.55. The lowest BCUT2D eigenvalue weighted by atomic mass is 9.95. The van der Waals surface area contributed by atoms with Crippen LogP contribution in [0.4, 0.5) is 0 Å². The molecule has 0 aromatic heterocycles. The molecule has 100 valence electrons. The van der Waals surface area contributed by atoms with Gasteiger partial charge in [-0.25, -0.2) is 0 Å². The summed E-state index contributed by atoms with van der Waals surface area (Å²) >= 11 is 0. The molecule has 0 aliphatic carbocycles. The Morgan fingerprint density at radius 3 is 2.00 bits per heavy atom. The molecule has 1 atom stereocenters. The molecule has 17 heavy (non-hydrogen) atoms. The summed E-state index contributed by atoms with van der Waals surface area (Å²) in [5.41, 5.74) is 0. The monoisotopic (exact) mass is 268 g/mol. The van der Waals surface area contributed by atoms with Crippen molar-refractivity contribution in [1.29, 1.82) is 0 Å². The van der Waals surface area contributed by atoms with Crippen molar-refractivity contribution in [1.82, 2.24) is 0 Å². The van der Waals surface area contributed by atoms with Gasteiger partial charge < -0.3 is 20.0 Å². The number of carbonyl (C=O) groups is 2. The Kier molecular flexibility index (Phi) is 5.81. The Morgan fingerprint density at radius 2 is 1.71 bits per heavy atom. The molecule has 0 spiro atoms. The second-order valence-electron chi connectivity index (χ2n) is 3.88. The quantitative estimate of drug-likeness (QED) is 0.483. The van der Waals surface area contributed by atoms with Gasteiger partial charge in [-0.2, -0.15) is 0 Å². The van der Waals surface area contributed by atoms with Gasteiger partial charge in [-0.15, -0.1) is 0 Å². The minimum Gasteiger partial charge on any atom is -0.481 e. The molecule has 0 saturated carbocycles. The van der Waals surface area contributed by atoms with Crippen LogP contribution >= 0.6 is 7.60 Å². The zero-order valence-electron chi connectivity index (χ0n) is 9.50. The molecule has 7 nitrogen and oxygen atoms in total. The van der Waals surface area contributed by atoms with E-state index >= 15 is 0 Å². The number of rotatable bonds is 8. The van der Waals surface area contributed by atoms with E-state index in [1.165, 1.54) is 0 Å². The lowest BCUT2D eigenvalue weighted by molar-refractivity contribution is -0.142. The van der Waals surface area contributed by atoms with Gasteiger partial charge >= 0.3 is 19.5 Å². The summed E-state index contributed by atoms with van der Waals surface area (Å²) in [6.45, 7) is 1.75. The number of carboxylic acid groups (broad SMARTS) is 2. The lowest BCUT2D eigenvalue weighted by Gasteiger charge is -2.29. The van der Waals surface area contributed by atoms with E-state index in [1.54, 1.807) is 6.92 Å². The maximum Gasteiger partial charge on any atom is 0.342 e. The summed E-state index contributed by atoms with van der Waals surface area (Å²) < 4.78 is 11.3. The second kappa shape index (κ2) is 6.14. The molecule has 0 bridgehead atoms. The smallest absolute Gasteiger partial charge is 0.342 e. The average molecular weight is 268 g/mol.